The highest BCUT2D eigenvalue weighted by Gasteiger charge is 2.29. The van der Waals surface area contributed by atoms with E-state index in [1.165, 1.54) is 12.1 Å². The number of nitrogens with one attached hydrogen (secondary N) is 1. The molecule has 8 heteroatoms. The lowest BCUT2D eigenvalue weighted by Crippen LogP contribution is -2.23. The minimum atomic E-state index is -4.44. The van der Waals surface area contributed by atoms with Crippen LogP contribution < -0.4 is 5.32 Å². The summed E-state index contributed by atoms with van der Waals surface area (Å²) in [5, 5.41) is 2.10. The summed E-state index contributed by atoms with van der Waals surface area (Å²) in [5.74, 6) is -3.18. The van der Waals surface area contributed by atoms with Gasteiger partial charge in [-0.15, -0.1) is 0 Å². The minimum absolute atomic E-state index is 0.0910. The van der Waals surface area contributed by atoms with E-state index in [1.54, 1.807) is 0 Å². The SMILES string of the molecule is O=C(NCc1ccc(C(F)(F)F)cc1)c1cc(F)c(F)cc1Cl. The lowest BCUT2D eigenvalue weighted by molar-refractivity contribution is -0.137. The molecule has 1 N–H and O–H groups in total. The summed E-state index contributed by atoms with van der Waals surface area (Å²) in [6.07, 6.45) is -4.44. The van der Waals surface area contributed by atoms with E-state index in [2.05, 4.69) is 5.32 Å². The zero-order valence-electron chi connectivity index (χ0n) is 11.3. The van der Waals surface area contributed by atoms with Gasteiger partial charge in [0.25, 0.3) is 5.91 Å². The molecule has 2 rings (SSSR count). The van der Waals surface area contributed by atoms with E-state index >= 15 is 0 Å². The maximum absolute atomic E-state index is 13.1. The van der Waals surface area contributed by atoms with E-state index in [-0.39, 0.29) is 17.1 Å². The first-order chi connectivity index (χ1) is 10.7. The number of halogens is 6. The molecule has 0 spiro atoms. The predicted octanol–water partition coefficient (Wildman–Crippen LogP) is 4.57. The molecule has 0 unspecified atom stereocenters. The Morgan fingerprint density at radius 1 is 1.04 bits per heavy atom. The van der Waals surface area contributed by atoms with Crippen molar-refractivity contribution in [3.05, 3.63) is 69.7 Å². The molecule has 0 bridgehead atoms. The Bertz CT molecular complexity index is 728. The molecule has 2 nitrogen and oxygen atoms in total. The highest BCUT2D eigenvalue weighted by Crippen LogP contribution is 2.29. The third-order valence-electron chi connectivity index (χ3n) is 2.99. The van der Waals surface area contributed by atoms with Crippen LogP contribution in [0.5, 0.6) is 0 Å². The first kappa shape index (κ1) is 17.2. The Balaban J connectivity index is 2.06. The van der Waals surface area contributed by atoms with Crippen LogP contribution in [0.2, 0.25) is 5.02 Å². The first-order valence-electron chi connectivity index (χ1n) is 6.27. The summed E-state index contributed by atoms with van der Waals surface area (Å²) in [7, 11) is 0. The lowest BCUT2D eigenvalue weighted by atomic mass is 10.1. The minimum Gasteiger partial charge on any atom is -0.348 e. The molecule has 0 saturated carbocycles. The van der Waals surface area contributed by atoms with Crippen molar-refractivity contribution < 1.29 is 26.7 Å². The van der Waals surface area contributed by atoms with E-state index in [4.69, 9.17) is 11.6 Å². The number of amides is 1. The summed E-state index contributed by atoms with van der Waals surface area (Å²) >= 11 is 5.66. The third-order valence-corrected chi connectivity index (χ3v) is 3.30. The van der Waals surface area contributed by atoms with E-state index in [0.29, 0.717) is 17.7 Å². The highest BCUT2D eigenvalue weighted by atomic mass is 35.5. The largest absolute Gasteiger partial charge is 0.416 e. The smallest absolute Gasteiger partial charge is 0.348 e. The Hall–Kier alpha value is -2.15. The second-order valence-corrected chi connectivity index (χ2v) is 5.03. The van der Waals surface area contributed by atoms with Gasteiger partial charge >= 0.3 is 6.18 Å². The van der Waals surface area contributed by atoms with Crippen LogP contribution in [-0.2, 0) is 12.7 Å². The number of hydrogen-bond donors (Lipinski definition) is 1. The zero-order valence-corrected chi connectivity index (χ0v) is 12.1. The maximum Gasteiger partial charge on any atom is 0.416 e. The van der Waals surface area contributed by atoms with Crippen molar-refractivity contribution in [3.63, 3.8) is 0 Å². The van der Waals surface area contributed by atoms with Crippen molar-refractivity contribution >= 4 is 17.5 Å². The fourth-order valence-electron chi connectivity index (χ4n) is 1.79. The molecule has 2 aromatic carbocycles. The average Bonchev–Trinajstić information content (AvgIpc) is 2.48. The second-order valence-electron chi connectivity index (χ2n) is 4.62. The summed E-state index contributed by atoms with van der Waals surface area (Å²) in [6.45, 7) is -0.0910. The van der Waals surface area contributed by atoms with Crippen LogP contribution in [0.3, 0.4) is 0 Å². The number of carbonyl (C=O) groups is 1. The monoisotopic (exact) mass is 349 g/mol. The fourth-order valence-corrected chi connectivity index (χ4v) is 2.02. The second kappa shape index (κ2) is 6.54. The average molecular weight is 350 g/mol. The normalized spacial score (nSPS) is 11.4. The molecular formula is C15H9ClF5NO. The molecule has 23 heavy (non-hydrogen) atoms. The maximum atomic E-state index is 13.1. The molecule has 0 heterocycles. The van der Waals surface area contributed by atoms with Gasteiger partial charge in [0.2, 0.25) is 0 Å². The molecule has 0 fully saturated rings. The van der Waals surface area contributed by atoms with Crippen molar-refractivity contribution in [2.75, 3.05) is 0 Å². The van der Waals surface area contributed by atoms with Crippen molar-refractivity contribution in [2.24, 2.45) is 0 Å². The van der Waals surface area contributed by atoms with Gasteiger partial charge < -0.3 is 5.32 Å². The van der Waals surface area contributed by atoms with Crippen molar-refractivity contribution in [3.8, 4) is 0 Å². The van der Waals surface area contributed by atoms with Crippen LogP contribution in [-0.4, -0.2) is 5.91 Å². The van der Waals surface area contributed by atoms with Crippen LogP contribution in [0.4, 0.5) is 22.0 Å². The number of benzene rings is 2. The van der Waals surface area contributed by atoms with E-state index in [0.717, 1.165) is 12.1 Å². The molecular weight excluding hydrogens is 341 g/mol. The first-order valence-corrected chi connectivity index (χ1v) is 6.65. The van der Waals surface area contributed by atoms with Gasteiger partial charge in [0.05, 0.1) is 16.1 Å². The summed E-state index contributed by atoms with van der Waals surface area (Å²) in [4.78, 5) is 11.9. The molecule has 2 aromatic rings. The van der Waals surface area contributed by atoms with Gasteiger partial charge in [-0.2, -0.15) is 13.2 Å². The molecule has 122 valence electrons. The fraction of sp³-hybridized carbons (Fsp3) is 0.133. The van der Waals surface area contributed by atoms with Gasteiger partial charge in [-0.25, -0.2) is 8.78 Å². The summed E-state index contributed by atoms with van der Waals surface area (Å²) in [5.41, 5.74) is -0.668. The van der Waals surface area contributed by atoms with Crippen LogP contribution in [0.25, 0.3) is 0 Å². The topological polar surface area (TPSA) is 29.1 Å². The molecule has 0 aliphatic rings. The predicted molar refractivity (Wildman–Crippen MR) is 74.0 cm³/mol. The van der Waals surface area contributed by atoms with Crippen molar-refractivity contribution in [1.29, 1.82) is 0 Å². The molecule has 0 radical (unpaired) electrons. The van der Waals surface area contributed by atoms with E-state index in [9.17, 15) is 26.7 Å². The molecule has 0 saturated heterocycles. The van der Waals surface area contributed by atoms with E-state index < -0.39 is 29.3 Å². The van der Waals surface area contributed by atoms with Crippen LogP contribution in [0.15, 0.2) is 36.4 Å². The van der Waals surface area contributed by atoms with Gasteiger partial charge in [0, 0.05) is 6.54 Å². The lowest BCUT2D eigenvalue weighted by Gasteiger charge is -2.09. The Labute approximate surface area is 132 Å². The van der Waals surface area contributed by atoms with Gasteiger partial charge in [-0.05, 0) is 29.8 Å². The number of alkyl halides is 3. The van der Waals surface area contributed by atoms with Gasteiger partial charge in [0.1, 0.15) is 0 Å². The summed E-state index contributed by atoms with van der Waals surface area (Å²) in [6, 6.07) is 5.49. The van der Waals surface area contributed by atoms with E-state index in [1.807, 2.05) is 0 Å². The Morgan fingerprint density at radius 2 is 1.61 bits per heavy atom. The quantitative estimate of drug-likeness (QED) is 0.638. The van der Waals surface area contributed by atoms with Crippen LogP contribution in [0.1, 0.15) is 21.5 Å². The summed E-state index contributed by atoms with van der Waals surface area (Å²) < 4.78 is 63.3. The van der Waals surface area contributed by atoms with Crippen LogP contribution in [0, 0.1) is 11.6 Å². The number of hydrogen-bond acceptors (Lipinski definition) is 1. The van der Waals surface area contributed by atoms with Crippen molar-refractivity contribution in [2.45, 2.75) is 12.7 Å². The molecule has 0 aliphatic carbocycles. The van der Waals surface area contributed by atoms with Crippen molar-refractivity contribution in [1.82, 2.24) is 5.32 Å². The molecule has 1 amide bonds. The third kappa shape index (κ3) is 4.19. The molecule has 0 aromatic heterocycles. The Morgan fingerprint density at radius 3 is 2.17 bits per heavy atom. The molecule has 0 aliphatic heterocycles. The Kier molecular flexibility index (Phi) is 4.89. The van der Waals surface area contributed by atoms with Crippen LogP contribution >= 0.6 is 11.6 Å². The van der Waals surface area contributed by atoms with Gasteiger partial charge in [-0.3, -0.25) is 4.79 Å². The number of rotatable bonds is 3. The number of carbonyl (C=O) groups excluding carboxylic acids is 1. The van der Waals surface area contributed by atoms with Gasteiger partial charge in [0.15, 0.2) is 11.6 Å². The molecule has 0 atom stereocenters. The van der Waals surface area contributed by atoms with Gasteiger partial charge in [-0.1, -0.05) is 23.7 Å². The zero-order chi connectivity index (χ0) is 17.2. The standard InChI is InChI=1S/C15H9ClF5NO/c16-11-6-13(18)12(17)5-10(11)14(23)22-7-8-1-3-9(4-2-8)15(19,20)21/h1-6H,7H2,(H,22,23). The highest BCUT2D eigenvalue weighted by molar-refractivity contribution is 6.33.